The van der Waals surface area contributed by atoms with E-state index in [1.165, 1.54) is 24.0 Å². The average molecular weight is 227 g/mol. The lowest BCUT2D eigenvalue weighted by molar-refractivity contribution is 0.0695. The Hall–Kier alpha value is -1.23. The normalized spacial score (nSPS) is 10.4. The van der Waals surface area contributed by atoms with Crippen molar-refractivity contribution in [2.45, 2.75) is 25.0 Å². The number of pyridine rings is 1. The second-order valence-corrected chi connectivity index (χ2v) is 4.00. The molecule has 15 heavy (non-hydrogen) atoms. The molecule has 0 spiro atoms. The van der Waals surface area contributed by atoms with Crippen molar-refractivity contribution in [3.8, 4) is 5.75 Å². The summed E-state index contributed by atoms with van der Waals surface area (Å²) in [7, 11) is 0. The highest BCUT2D eigenvalue weighted by atomic mass is 32.2. The van der Waals surface area contributed by atoms with Crippen LogP contribution in [-0.2, 0) is 0 Å². The number of carboxylic acid groups (broad SMARTS) is 1. The molecule has 0 aliphatic carbocycles. The maximum Gasteiger partial charge on any atom is 0.337 e. The van der Waals surface area contributed by atoms with Crippen LogP contribution < -0.4 is 4.74 Å². The Morgan fingerprint density at radius 1 is 1.60 bits per heavy atom. The van der Waals surface area contributed by atoms with E-state index in [2.05, 4.69) is 4.98 Å². The first kappa shape index (κ1) is 11.8. The van der Waals surface area contributed by atoms with Crippen molar-refractivity contribution < 1.29 is 14.6 Å². The quantitative estimate of drug-likeness (QED) is 0.800. The minimum Gasteiger partial charge on any atom is -0.488 e. The minimum atomic E-state index is -0.997. The molecule has 0 saturated carbocycles. The number of aromatic carboxylic acids is 1. The highest BCUT2D eigenvalue weighted by molar-refractivity contribution is 7.98. The van der Waals surface area contributed by atoms with Gasteiger partial charge in [-0.05, 0) is 26.2 Å². The minimum absolute atomic E-state index is 0.00162. The van der Waals surface area contributed by atoms with Crippen molar-refractivity contribution in [3.05, 3.63) is 17.8 Å². The van der Waals surface area contributed by atoms with Gasteiger partial charge in [-0.25, -0.2) is 9.78 Å². The standard InChI is InChI=1S/C10H13NO3S/c1-6(2)14-8-4-7(10(12)13)5-11-9(8)15-3/h4-6H,1-3H3,(H,12,13). The molecule has 0 bridgehead atoms. The fourth-order valence-electron chi connectivity index (χ4n) is 1.04. The Morgan fingerprint density at radius 2 is 2.27 bits per heavy atom. The Morgan fingerprint density at radius 3 is 2.73 bits per heavy atom. The lowest BCUT2D eigenvalue weighted by Crippen LogP contribution is -2.08. The fraction of sp³-hybridized carbons (Fsp3) is 0.400. The van der Waals surface area contributed by atoms with E-state index in [9.17, 15) is 4.79 Å². The number of thioether (sulfide) groups is 1. The van der Waals surface area contributed by atoms with Crippen molar-refractivity contribution in [1.29, 1.82) is 0 Å². The predicted molar refractivity (Wildman–Crippen MR) is 58.7 cm³/mol. The summed E-state index contributed by atoms with van der Waals surface area (Å²) in [5, 5.41) is 9.51. The fourth-order valence-corrected chi connectivity index (χ4v) is 1.51. The molecule has 1 aromatic rings. The summed E-state index contributed by atoms with van der Waals surface area (Å²) in [4.78, 5) is 14.8. The summed E-state index contributed by atoms with van der Waals surface area (Å²) < 4.78 is 5.48. The third-order valence-electron chi connectivity index (χ3n) is 1.62. The summed E-state index contributed by atoms with van der Waals surface area (Å²) in [6, 6.07) is 1.50. The van der Waals surface area contributed by atoms with Crippen LogP contribution in [0.2, 0.25) is 0 Å². The number of hydrogen-bond acceptors (Lipinski definition) is 4. The largest absolute Gasteiger partial charge is 0.488 e. The zero-order chi connectivity index (χ0) is 11.4. The zero-order valence-corrected chi connectivity index (χ0v) is 9.67. The highest BCUT2D eigenvalue weighted by Gasteiger charge is 2.11. The molecule has 0 aliphatic rings. The van der Waals surface area contributed by atoms with Gasteiger partial charge in [0.2, 0.25) is 0 Å². The first-order valence-electron chi connectivity index (χ1n) is 4.48. The van der Waals surface area contributed by atoms with E-state index < -0.39 is 5.97 Å². The molecule has 5 heteroatoms. The van der Waals surface area contributed by atoms with Crippen LogP contribution in [0.3, 0.4) is 0 Å². The number of hydrogen-bond donors (Lipinski definition) is 1. The van der Waals surface area contributed by atoms with E-state index in [0.717, 1.165) is 0 Å². The Kier molecular flexibility index (Phi) is 3.96. The van der Waals surface area contributed by atoms with Crippen molar-refractivity contribution in [2.75, 3.05) is 6.26 Å². The van der Waals surface area contributed by atoms with Crippen LogP contribution in [0.15, 0.2) is 17.3 Å². The molecule has 0 atom stereocenters. The third-order valence-corrected chi connectivity index (χ3v) is 2.31. The van der Waals surface area contributed by atoms with Gasteiger partial charge in [0.15, 0.2) is 5.75 Å². The number of ether oxygens (including phenoxy) is 1. The van der Waals surface area contributed by atoms with Crippen LogP contribution >= 0.6 is 11.8 Å². The molecule has 0 unspecified atom stereocenters. The maximum absolute atomic E-state index is 10.7. The summed E-state index contributed by atoms with van der Waals surface area (Å²) >= 11 is 1.43. The Balaban J connectivity index is 3.07. The van der Waals surface area contributed by atoms with Gasteiger partial charge in [-0.2, -0.15) is 0 Å². The molecule has 0 amide bonds. The van der Waals surface area contributed by atoms with Crippen LogP contribution in [0.1, 0.15) is 24.2 Å². The summed E-state index contributed by atoms with van der Waals surface area (Å²) in [6.45, 7) is 3.77. The number of rotatable bonds is 4. The predicted octanol–water partition coefficient (Wildman–Crippen LogP) is 2.29. The van der Waals surface area contributed by atoms with E-state index >= 15 is 0 Å². The van der Waals surface area contributed by atoms with E-state index in [4.69, 9.17) is 9.84 Å². The lowest BCUT2D eigenvalue weighted by atomic mass is 10.3. The Labute approximate surface area is 92.7 Å². The van der Waals surface area contributed by atoms with Crippen LogP contribution in [-0.4, -0.2) is 28.4 Å². The van der Waals surface area contributed by atoms with Gasteiger partial charge in [0.05, 0.1) is 11.7 Å². The summed E-state index contributed by atoms with van der Waals surface area (Å²) in [5.74, 6) is -0.471. The second-order valence-electron chi connectivity index (χ2n) is 3.20. The van der Waals surface area contributed by atoms with Crippen LogP contribution in [0.25, 0.3) is 0 Å². The zero-order valence-electron chi connectivity index (χ0n) is 8.85. The molecular formula is C10H13NO3S. The first-order valence-corrected chi connectivity index (χ1v) is 5.71. The summed E-state index contributed by atoms with van der Waals surface area (Å²) in [6.07, 6.45) is 3.21. The number of carboxylic acids is 1. The average Bonchev–Trinajstić information content (AvgIpc) is 2.16. The highest BCUT2D eigenvalue weighted by Crippen LogP contribution is 2.26. The van der Waals surface area contributed by atoms with Crippen LogP contribution in [0.4, 0.5) is 0 Å². The molecule has 0 fully saturated rings. The molecular weight excluding hydrogens is 214 g/mol. The topological polar surface area (TPSA) is 59.4 Å². The molecule has 1 rings (SSSR count). The molecule has 1 aromatic heterocycles. The van der Waals surface area contributed by atoms with Gasteiger partial charge < -0.3 is 9.84 Å². The van der Waals surface area contributed by atoms with Gasteiger partial charge in [-0.15, -0.1) is 11.8 Å². The van der Waals surface area contributed by atoms with E-state index in [1.807, 2.05) is 20.1 Å². The van der Waals surface area contributed by atoms with E-state index in [-0.39, 0.29) is 11.7 Å². The van der Waals surface area contributed by atoms with Gasteiger partial charge in [0.1, 0.15) is 5.03 Å². The van der Waals surface area contributed by atoms with E-state index in [0.29, 0.717) is 10.8 Å². The monoisotopic (exact) mass is 227 g/mol. The smallest absolute Gasteiger partial charge is 0.337 e. The molecule has 0 radical (unpaired) electrons. The molecule has 0 aliphatic heterocycles. The van der Waals surface area contributed by atoms with Gasteiger partial charge >= 0.3 is 5.97 Å². The first-order chi connectivity index (χ1) is 7.04. The van der Waals surface area contributed by atoms with Crippen LogP contribution in [0, 0.1) is 0 Å². The third kappa shape index (κ3) is 3.13. The number of nitrogens with zero attached hydrogens (tertiary/aromatic N) is 1. The Bertz CT molecular complexity index is 366. The number of aromatic nitrogens is 1. The van der Waals surface area contributed by atoms with E-state index in [1.54, 1.807) is 0 Å². The number of carbonyl (C=O) groups is 1. The maximum atomic E-state index is 10.7. The molecule has 0 saturated heterocycles. The molecule has 1 heterocycles. The molecule has 82 valence electrons. The SMILES string of the molecule is CSc1ncc(C(=O)O)cc1OC(C)C. The van der Waals surface area contributed by atoms with Crippen molar-refractivity contribution >= 4 is 17.7 Å². The van der Waals surface area contributed by atoms with Crippen molar-refractivity contribution in [3.63, 3.8) is 0 Å². The molecule has 1 N–H and O–H groups in total. The van der Waals surface area contributed by atoms with Gasteiger partial charge in [-0.3, -0.25) is 0 Å². The summed E-state index contributed by atoms with van der Waals surface area (Å²) in [5.41, 5.74) is 0.142. The lowest BCUT2D eigenvalue weighted by Gasteiger charge is -2.12. The van der Waals surface area contributed by atoms with Crippen molar-refractivity contribution in [1.82, 2.24) is 4.98 Å². The van der Waals surface area contributed by atoms with Gasteiger partial charge in [0, 0.05) is 6.20 Å². The molecule has 4 nitrogen and oxygen atoms in total. The second kappa shape index (κ2) is 5.02. The molecule has 0 aromatic carbocycles. The van der Waals surface area contributed by atoms with Crippen LogP contribution in [0.5, 0.6) is 5.75 Å². The van der Waals surface area contributed by atoms with Crippen molar-refractivity contribution in [2.24, 2.45) is 0 Å². The van der Waals surface area contributed by atoms with Gasteiger partial charge in [0.25, 0.3) is 0 Å². The van der Waals surface area contributed by atoms with Gasteiger partial charge in [-0.1, -0.05) is 0 Å².